The van der Waals surface area contributed by atoms with Gasteiger partial charge in [0.2, 0.25) is 0 Å². The summed E-state index contributed by atoms with van der Waals surface area (Å²) in [5.41, 5.74) is 1.38. The molecule has 0 saturated heterocycles. The smallest absolute Gasteiger partial charge is 0.147 e. The van der Waals surface area contributed by atoms with Gasteiger partial charge in [0.25, 0.3) is 0 Å². The minimum Gasteiger partial charge on any atom is -0.369 e. The van der Waals surface area contributed by atoms with E-state index in [1.54, 1.807) is 6.07 Å². The molecule has 112 valence electrons. The van der Waals surface area contributed by atoms with Gasteiger partial charge in [0, 0.05) is 11.4 Å². The van der Waals surface area contributed by atoms with Crippen molar-refractivity contribution in [1.29, 1.82) is 0 Å². The van der Waals surface area contributed by atoms with E-state index in [-0.39, 0.29) is 6.04 Å². The second-order valence-electron chi connectivity index (χ2n) is 5.07. The highest BCUT2D eigenvalue weighted by atomic mass is 35.5. The van der Waals surface area contributed by atoms with Crippen molar-refractivity contribution in [2.75, 3.05) is 17.2 Å². The van der Waals surface area contributed by atoms with Gasteiger partial charge in [-0.15, -0.1) is 11.3 Å². The zero-order valence-electron chi connectivity index (χ0n) is 11.7. The number of nitrogens with one attached hydrogen (secondary N) is 2. The van der Waals surface area contributed by atoms with Crippen LogP contribution in [0.3, 0.4) is 0 Å². The van der Waals surface area contributed by atoms with Crippen LogP contribution in [0.15, 0.2) is 17.5 Å². The average Bonchev–Trinajstić information content (AvgIpc) is 2.93. The molecule has 0 fully saturated rings. The van der Waals surface area contributed by atoms with Crippen LogP contribution in [0.1, 0.15) is 36.2 Å². The van der Waals surface area contributed by atoms with Crippen molar-refractivity contribution < 1.29 is 0 Å². The van der Waals surface area contributed by atoms with Gasteiger partial charge in [-0.1, -0.05) is 23.2 Å². The standard InChI is InChI=1S/C15H17Cl2N3S/c1-2-18-14-10(16)8-11(17)15(20-14)19-12-4-3-5-13-9(12)6-7-21-13/h6-8,12H,2-5H2,1H3,(H2,18,19,20). The molecule has 21 heavy (non-hydrogen) atoms. The molecule has 0 radical (unpaired) electrons. The highest BCUT2D eigenvalue weighted by molar-refractivity contribution is 7.10. The van der Waals surface area contributed by atoms with E-state index in [0.29, 0.717) is 21.7 Å². The molecular weight excluding hydrogens is 325 g/mol. The summed E-state index contributed by atoms with van der Waals surface area (Å²) in [6.45, 7) is 2.78. The van der Waals surface area contributed by atoms with Gasteiger partial charge in [0.05, 0.1) is 16.1 Å². The fourth-order valence-electron chi connectivity index (χ4n) is 2.66. The number of nitrogens with zero attached hydrogens (tertiary/aromatic N) is 1. The maximum absolute atomic E-state index is 6.29. The summed E-state index contributed by atoms with van der Waals surface area (Å²) >= 11 is 14.3. The molecule has 1 unspecified atom stereocenters. The molecule has 0 amide bonds. The summed E-state index contributed by atoms with van der Waals surface area (Å²) in [7, 11) is 0. The van der Waals surface area contributed by atoms with E-state index in [2.05, 4.69) is 27.1 Å². The van der Waals surface area contributed by atoms with E-state index in [4.69, 9.17) is 23.2 Å². The number of fused-ring (bicyclic) bond motifs is 1. The van der Waals surface area contributed by atoms with Crippen LogP contribution >= 0.6 is 34.5 Å². The Balaban J connectivity index is 1.87. The largest absolute Gasteiger partial charge is 0.369 e. The molecule has 3 nitrogen and oxygen atoms in total. The van der Waals surface area contributed by atoms with E-state index in [1.807, 2.05) is 18.3 Å². The van der Waals surface area contributed by atoms with Crippen LogP contribution in [0, 0.1) is 0 Å². The van der Waals surface area contributed by atoms with Gasteiger partial charge in [-0.25, -0.2) is 4.98 Å². The number of aromatic nitrogens is 1. The van der Waals surface area contributed by atoms with E-state index < -0.39 is 0 Å². The van der Waals surface area contributed by atoms with Gasteiger partial charge in [0.1, 0.15) is 11.6 Å². The second-order valence-corrected chi connectivity index (χ2v) is 6.88. The lowest BCUT2D eigenvalue weighted by molar-refractivity contribution is 0.607. The number of rotatable bonds is 4. The van der Waals surface area contributed by atoms with Crippen molar-refractivity contribution in [2.45, 2.75) is 32.2 Å². The molecule has 1 aliphatic rings. The highest BCUT2D eigenvalue weighted by Gasteiger charge is 2.22. The summed E-state index contributed by atoms with van der Waals surface area (Å²) < 4.78 is 0. The molecule has 0 aromatic carbocycles. The van der Waals surface area contributed by atoms with E-state index in [0.717, 1.165) is 13.0 Å². The van der Waals surface area contributed by atoms with Crippen LogP contribution in [-0.4, -0.2) is 11.5 Å². The highest BCUT2D eigenvalue weighted by Crippen LogP contribution is 2.37. The monoisotopic (exact) mass is 341 g/mol. The number of aryl methyl sites for hydroxylation is 1. The van der Waals surface area contributed by atoms with Crippen molar-refractivity contribution in [3.63, 3.8) is 0 Å². The molecular formula is C15H17Cl2N3S. The number of pyridine rings is 1. The predicted octanol–water partition coefficient (Wildman–Crippen LogP) is 5.37. The minimum atomic E-state index is 0.278. The molecule has 2 N–H and O–H groups in total. The lowest BCUT2D eigenvalue weighted by Crippen LogP contribution is -2.17. The zero-order valence-corrected chi connectivity index (χ0v) is 14.1. The van der Waals surface area contributed by atoms with Crippen molar-refractivity contribution in [1.82, 2.24) is 4.98 Å². The molecule has 3 rings (SSSR count). The minimum absolute atomic E-state index is 0.278. The van der Waals surface area contributed by atoms with Crippen molar-refractivity contribution in [3.05, 3.63) is 38.0 Å². The Morgan fingerprint density at radius 1 is 1.33 bits per heavy atom. The third kappa shape index (κ3) is 3.12. The normalized spacial score (nSPS) is 17.4. The SMILES string of the molecule is CCNc1nc(NC2CCCc3sccc32)c(Cl)cc1Cl. The lowest BCUT2D eigenvalue weighted by Gasteiger charge is -2.25. The molecule has 6 heteroatoms. The average molecular weight is 342 g/mol. The maximum atomic E-state index is 6.29. The Hall–Kier alpha value is -0.970. The topological polar surface area (TPSA) is 37.0 Å². The first-order valence-electron chi connectivity index (χ1n) is 7.11. The summed E-state index contributed by atoms with van der Waals surface area (Å²) in [6, 6.07) is 4.22. The second kappa shape index (κ2) is 6.42. The van der Waals surface area contributed by atoms with Crippen LogP contribution in [0.5, 0.6) is 0 Å². The van der Waals surface area contributed by atoms with E-state index in [1.165, 1.54) is 23.3 Å². The predicted molar refractivity (Wildman–Crippen MR) is 92.0 cm³/mol. The van der Waals surface area contributed by atoms with Gasteiger partial charge in [-0.05, 0) is 49.3 Å². The van der Waals surface area contributed by atoms with Crippen LogP contribution in [-0.2, 0) is 6.42 Å². The summed E-state index contributed by atoms with van der Waals surface area (Å²) in [4.78, 5) is 6.00. The fraction of sp³-hybridized carbons (Fsp3) is 0.400. The van der Waals surface area contributed by atoms with Gasteiger partial charge in [-0.3, -0.25) is 0 Å². The first kappa shape index (κ1) is 14.9. The number of hydrogen-bond acceptors (Lipinski definition) is 4. The van der Waals surface area contributed by atoms with Crippen LogP contribution in [0.4, 0.5) is 11.6 Å². The molecule has 0 saturated carbocycles. The summed E-state index contributed by atoms with van der Waals surface area (Å²) in [5, 5.41) is 9.90. The first-order chi connectivity index (χ1) is 10.2. The molecule has 0 bridgehead atoms. The number of halogens is 2. The molecule has 1 aliphatic carbocycles. The van der Waals surface area contributed by atoms with Crippen molar-refractivity contribution >= 4 is 46.2 Å². The maximum Gasteiger partial charge on any atom is 0.147 e. The Morgan fingerprint density at radius 3 is 2.95 bits per heavy atom. The van der Waals surface area contributed by atoms with Crippen LogP contribution < -0.4 is 10.6 Å². The Kier molecular flexibility index (Phi) is 4.57. The van der Waals surface area contributed by atoms with E-state index in [9.17, 15) is 0 Å². The van der Waals surface area contributed by atoms with Crippen molar-refractivity contribution in [2.24, 2.45) is 0 Å². The molecule has 2 aromatic heterocycles. The van der Waals surface area contributed by atoms with Crippen molar-refractivity contribution in [3.8, 4) is 0 Å². The zero-order chi connectivity index (χ0) is 14.8. The molecule has 1 atom stereocenters. The molecule has 0 aliphatic heterocycles. The Labute approximate surface area is 138 Å². The first-order valence-corrected chi connectivity index (χ1v) is 8.75. The van der Waals surface area contributed by atoms with E-state index >= 15 is 0 Å². The molecule has 2 heterocycles. The third-order valence-electron chi connectivity index (χ3n) is 3.64. The number of hydrogen-bond donors (Lipinski definition) is 2. The quantitative estimate of drug-likeness (QED) is 0.784. The lowest BCUT2D eigenvalue weighted by atomic mass is 9.94. The van der Waals surface area contributed by atoms with Gasteiger partial charge in [-0.2, -0.15) is 0 Å². The number of thiophene rings is 1. The molecule has 2 aromatic rings. The van der Waals surface area contributed by atoms with Gasteiger partial charge in [0.15, 0.2) is 0 Å². The summed E-state index contributed by atoms with van der Waals surface area (Å²) in [5.74, 6) is 1.37. The van der Waals surface area contributed by atoms with Gasteiger partial charge >= 0.3 is 0 Å². The summed E-state index contributed by atoms with van der Waals surface area (Å²) in [6.07, 6.45) is 3.47. The Bertz CT molecular complexity index is 642. The third-order valence-corrected chi connectivity index (χ3v) is 5.21. The molecule has 0 spiro atoms. The Morgan fingerprint density at radius 2 is 2.14 bits per heavy atom. The van der Waals surface area contributed by atoms with Gasteiger partial charge < -0.3 is 10.6 Å². The fourth-order valence-corrected chi connectivity index (χ4v) is 4.13. The van der Waals surface area contributed by atoms with Crippen LogP contribution in [0.25, 0.3) is 0 Å². The van der Waals surface area contributed by atoms with Crippen LogP contribution in [0.2, 0.25) is 10.0 Å². The number of anilines is 2.